The van der Waals surface area contributed by atoms with Crippen molar-refractivity contribution in [3.8, 4) is 11.3 Å². The molecule has 1 aromatic heterocycles. The number of nitrogens with one attached hydrogen (secondary N) is 2. The predicted molar refractivity (Wildman–Crippen MR) is 114 cm³/mol. The number of carbonyl (C=O) groups is 3. The fraction of sp³-hybridized carbons (Fsp3) is 0.227. The first kappa shape index (κ1) is 20.9. The topological polar surface area (TPSA) is 126 Å². The Bertz CT molecular complexity index is 1050. The number of aliphatic carboxylic acids is 1. The van der Waals surface area contributed by atoms with Crippen molar-refractivity contribution in [1.29, 1.82) is 0 Å². The molecule has 156 valence electrons. The standard InChI is InChI=1S/C22H24N4O4/c23-22(30)24-12-6-10-17(21(28)29)25-20(27)14-26-18-11-5-4-9-16(18)13-19(26)15-7-2-1-3-8-15/h1-5,7-9,11,13,17H,6,10,12,14H2,(H,25,27)(H,28,29)(H3,23,24,30). The van der Waals surface area contributed by atoms with Crippen molar-refractivity contribution in [1.82, 2.24) is 15.2 Å². The smallest absolute Gasteiger partial charge is 0.326 e. The van der Waals surface area contributed by atoms with Crippen LogP contribution >= 0.6 is 0 Å². The molecular weight excluding hydrogens is 384 g/mol. The van der Waals surface area contributed by atoms with Gasteiger partial charge in [-0.25, -0.2) is 9.59 Å². The summed E-state index contributed by atoms with van der Waals surface area (Å²) in [5.74, 6) is -1.52. The summed E-state index contributed by atoms with van der Waals surface area (Å²) < 4.78 is 1.88. The molecule has 3 amide bonds. The number of nitrogens with zero attached hydrogens (tertiary/aromatic N) is 1. The van der Waals surface area contributed by atoms with Crippen LogP contribution in [0.1, 0.15) is 12.8 Å². The van der Waals surface area contributed by atoms with E-state index in [4.69, 9.17) is 5.73 Å². The monoisotopic (exact) mass is 408 g/mol. The second-order valence-electron chi connectivity index (χ2n) is 6.93. The molecule has 0 bridgehead atoms. The quantitative estimate of drug-likeness (QED) is 0.405. The summed E-state index contributed by atoms with van der Waals surface area (Å²) in [6.45, 7) is 0.233. The summed E-state index contributed by atoms with van der Waals surface area (Å²) in [6, 6.07) is 17.8. The Labute approximate surface area is 173 Å². The van der Waals surface area contributed by atoms with E-state index in [1.165, 1.54) is 0 Å². The minimum atomic E-state index is -1.12. The number of nitrogens with two attached hydrogens (primary N) is 1. The number of carboxylic acids is 1. The number of carbonyl (C=O) groups excluding carboxylic acids is 2. The van der Waals surface area contributed by atoms with Crippen LogP contribution in [0.3, 0.4) is 0 Å². The van der Waals surface area contributed by atoms with Gasteiger partial charge in [-0.1, -0.05) is 48.5 Å². The molecule has 30 heavy (non-hydrogen) atoms. The highest BCUT2D eigenvalue weighted by Gasteiger charge is 2.21. The fourth-order valence-corrected chi connectivity index (χ4v) is 3.39. The van der Waals surface area contributed by atoms with E-state index >= 15 is 0 Å². The molecule has 0 saturated heterocycles. The minimum absolute atomic E-state index is 0.0128. The minimum Gasteiger partial charge on any atom is -0.480 e. The zero-order chi connectivity index (χ0) is 21.5. The Kier molecular flexibility index (Phi) is 6.69. The summed E-state index contributed by atoms with van der Waals surface area (Å²) in [4.78, 5) is 35.0. The maximum Gasteiger partial charge on any atom is 0.326 e. The number of benzene rings is 2. The van der Waals surface area contributed by atoms with Gasteiger partial charge in [0.15, 0.2) is 0 Å². The summed E-state index contributed by atoms with van der Waals surface area (Å²) in [6.07, 6.45) is 0.557. The number of amides is 3. The lowest BCUT2D eigenvalue weighted by molar-refractivity contribution is -0.142. The molecule has 0 radical (unpaired) electrons. The second kappa shape index (κ2) is 9.60. The summed E-state index contributed by atoms with van der Waals surface area (Å²) in [5, 5.41) is 15.4. The molecule has 8 nitrogen and oxygen atoms in total. The van der Waals surface area contributed by atoms with Crippen LogP contribution < -0.4 is 16.4 Å². The molecule has 0 aliphatic carbocycles. The van der Waals surface area contributed by atoms with Gasteiger partial charge in [0.2, 0.25) is 5.91 Å². The average Bonchev–Trinajstić information content (AvgIpc) is 3.09. The van der Waals surface area contributed by atoms with Gasteiger partial charge >= 0.3 is 12.0 Å². The molecule has 3 aromatic rings. The van der Waals surface area contributed by atoms with Crippen LogP contribution in [0.4, 0.5) is 4.79 Å². The van der Waals surface area contributed by atoms with Crippen LogP contribution in [0, 0.1) is 0 Å². The Hall–Kier alpha value is -3.81. The molecule has 5 N–H and O–H groups in total. The third-order valence-electron chi connectivity index (χ3n) is 4.78. The van der Waals surface area contributed by atoms with Crippen molar-refractivity contribution in [2.45, 2.75) is 25.4 Å². The molecule has 0 fully saturated rings. The highest BCUT2D eigenvalue weighted by Crippen LogP contribution is 2.28. The number of urea groups is 1. The van der Waals surface area contributed by atoms with Crippen molar-refractivity contribution in [2.75, 3.05) is 6.54 Å². The first-order chi connectivity index (χ1) is 14.5. The van der Waals surface area contributed by atoms with Crippen LogP contribution in [-0.4, -0.2) is 40.2 Å². The summed E-state index contributed by atoms with van der Waals surface area (Å²) >= 11 is 0. The summed E-state index contributed by atoms with van der Waals surface area (Å²) in [5.41, 5.74) is 7.73. The molecule has 0 aliphatic rings. The van der Waals surface area contributed by atoms with E-state index < -0.39 is 23.9 Å². The van der Waals surface area contributed by atoms with Crippen molar-refractivity contribution in [3.63, 3.8) is 0 Å². The molecular formula is C22H24N4O4. The predicted octanol–water partition coefficient (Wildman–Crippen LogP) is 2.33. The van der Waals surface area contributed by atoms with Gasteiger partial charge in [-0.15, -0.1) is 0 Å². The molecule has 2 aromatic carbocycles. The van der Waals surface area contributed by atoms with E-state index in [9.17, 15) is 19.5 Å². The number of aromatic nitrogens is 1. The van der Waals surface area contributed by atoms with Crippen LogP contribution in [-0.2, 0) is 16.1 Å². The van der Waals surface area contributed by atoms with Crippen molar-refractivity contribution in [2.24, 2.45) is 5.73 Å². The normalized spacial score (nSPS) is 11.7. The highest BCUT2D eigenvalue weighted by atomic mass is 16.4. The van der Waals surface area contributed by atoms with Gasteiger partial charge in [-0.2, -0.15) is 0 Å². The van der Waals surface area contributed by atoms with Crippen molar-refractivity contribution < 1.29 is 19.5 Å². The number of para-hydroxylation sites is 1. The van der Waals surface area contributed by atoms with Crippen molar-refractivity contribution >= 4 is 28.8 Å². The zero-order valence-electron chi connectivity index (χ0n) is 16.4. The Morgan fingerprint density at radius 2 is 1.73 bits per heavy atom. The third-order valence-corrected chi connectivity index (χ3v) is 4.78. The van der Waals surface area contributed by atoms with Crippen LogP contribution in [0.2, 0.25) is 0 Å². The maximum atomic E-state index is 12.7. The number of hydrogen-bond acceptors (Lipinski definition) is 3. The van der Waals surface area contributed by atoms with Gasteiger partial charge in [0.1, 0.15) is 12.6 Å². The molecule has 3 rings (SSSR count). The van der Waals surface area contributed by atoms with E-state index in [1.807, 2.05) is 65.2 Å². The number of carboxylic acid groups (broad SMARTS) is 1. The Morgan fingerprint density at radius 3 is 2.43 bits per heavy atom. The number of rotatable bonds is 9. The van der Waals surface area contributed by atoms with Gasteiger partial charge in [0, 0.05) is 23.1 Å². The molecule has 0 saturated carbocycles. The maximum absolute atomic E-state index is 12.7. The number of primary amides is 1. The number of fused-ring (bicyclic) bond motifs is 1. The first-order valence-corrected chi connectivity index (χ1v) is 9.65. The first-order valence-electron chi connectivity index (χ1n) is 9.65. The fourth-order valence-electron chi connectivity index (χ4n) is 3.39. The largest absolute Gasteiger partial charge is 0.480 e. The van der Waals surface area contributed by atoms with Crippen LogP contribution in [0.5, 0.6) is 0 Å². The average molecular weight is 408 g/mol. The van der Waals surface area contributed by atoms with Gasteiger partial charge in [0.05, 0.1) is 0 Å². The Balaban J connectivity index is 1.77. The van der Waals surface area contributed by atoms with E-state index in [-0.39, 0.29) is 19.5 Å². The SMILES string of the molecule is NC(=O)NCCCC(NC(=O)Cn1c(-c2ccccc2)cc2ccccc21)C(=O)O. The number of hydrogen-bond donors (Lipinski definition) is 4. The van der Waals surface area contributed by atoms with E-state index in [1.54, 1.807) is 0 Å². The van der Waals surface area contributed by atoms with E-state index in [0.717, 1.165) is 22.2 Å². The molecule has 8 heteroatoms. The molecule has 1 unspecified atom stereocenters. The third kappa shape index (κ3) is 5.16. The molecule has 1 atom stereocenters. The lowest BCUT2D eigenvalue weighted by Crippen LogP contribution is -2.43. The summed E-state index contributed by atoms with van der Waals surface area (Å²) in [7, 11) is 0. The van der Waals surface area contributed by atoms with Gasteiger partial charge < -0.3 is 26.0 Å². The zero-order valence-corrected chi connectivity index (χ0v) is 16.4. The Morgan fingerprint density at radius 1 is 1.03 bits per heavy atom. The second-order valence-corrected chi connectivity index (χ2v) is 6.93. The van der Waals surface area contributed by atoms with Gasteiger partial charge in [-0.05, 0) is 30.5 Å². The molecule has 0 aliphatic heterocycles. The molecule has 1 heterocycles. The lowest BCUT2D eigenvalue weighted by atomic mass is 10.1. The highest BCUT2D eigenvalue weighted by molar-refractivity contribution is 5.90. The van der Waals surface area contributed by atoms with Gasteiger partial charge in [0.25, 0.3) is 0 Å². The van der Waals surface area contributed by atoms with E-state index in [2.05, 4.69) is 10.6 Å². The van der Waals surface area contributed by atoms with E-state index in [0.29, 0.717) is 6.42 Å². The lowest BCUT2D eigenvalue weighted by Gasteiger charge is -2.16. The molecule has 0 spiro atoms. The van der Waals surface area contributed by atoms with Crippen LogP contribution in [0.15, 0.2) is 60.7 Å². The van der Waals surface area contributed by atoms with Crippen molar-refractivity contribution in [3.05, 3.63) is 60.7 Å². The van der Waals surface area contributed by atoms with Gasteiger partial charge in [-0.3, -0.25) is 4.79 Å². The van der Waals surface area contributed by atoms with Crippen LogP contribution in [0.25, 0.3) is 22.2 Å².